The largest absolute Gasteiger partial charge is 0.487 e. The molecule has 0 saturated heterocycles. The molecule has 4 heteroatoms. The van der Waals surface area contributed by atoms with Gasteiger partial charge in [-0.05, 0) is 52.2 Å². The molecule has 0 bridgehead atoms. The Morgan fingerprint density at radius 3 is 2.68 bits per heavy atom. The Labute approximate surface area is 125 Å². The minimum absolute atomic E-state index is 0.233. The highest BCUT2D eigenvalue weighted by atomic mass is 79.9. The Morgan fingerprint density at radius 2 is 2.00 bits per heavy atom. The van der Waals surface area contributed by atoms with E-state index in [2.05, 4.69) is 15.9 Å². The van der Waals surface area contributed by atoms with Crippen molar-refractivity contribution in [1.29, 1.82) is 0 Å². The molecule has 0 saturated carbocycles. The smallest absolute Gasteiger partial charge is 0.138 e. The van der Waals surface area contributed by atoms with E-state index in [1.165, 1.54) is 12.1 Å². The lowest BCUT2D eigenvalue weighted by molar-refractivity contribution is 0.301. The van der Waals surface area contributed by atoms with Gasteiger partial charge in [-0.1, -0.05) is 18.2 Å². The van der Waals surface area contributed by atoms with Crippen molar-refractivity contribution in [3.63, 3.8) is 0 Å². The molecule has 0 aromatic heterocycles. The SMILES string of the molecule is Cc1cc(F)ccc1COc1c(Br)cccc1CCl. The van der Waals surface area contributed by atoms with E-state index < -0.39 is 0 Å². The van der Waals surface area contributed by atoms with Crippen LogP contribution in [0.15, 0.2) is 40.9 Å². The number of aryl methyl sites for hydroxylation is 1. The Balaban J connectivity index is 2.19. The van der Waals surface area contributed by atoms with Crippen LogP contribution in [0.25, 0.3) is 0 Å². The average molecular weight is 344 g/mol. The molecular formula is C15H13BrClFO. The van der Waals surface area contributed by atoms with E-state index in [9.17, 15) is 4.39 Å². The second-order valence-electron chi connectivity index (χ2n) is 4.22. The molecule has 0 atom stereocenters. The number of para-hydroxylation sites is 1. The molecule has 0 fully saturated rings. The van der Waals surface area contributed by atoms with Crippen LogP contribution in [-0.4, -0.2) is 0 Å². The molecule has 0 spiro atoms. The molecule has 0 unspecified atom stereocenters. The van der Waals surface area contributed by atoms with Crippen LogP contribution in [0.2, 0.25) is 0 Å². The zero-order valence-electron chi connectivity index (χ0n) is 10.4. The quantitative estimate of drug-likeness (QED) is 0.692. The molecule has 0 radical (unpaired) electrons. The van der Waals surface area contributed by atoms with Crippen LogP contribution in [0, 0.1) is 12.7 Å². The number of hydrogen-bond acceptors (Lipinski definition) is 1. The van der Waals surface area contributed by atoms with Crippen molar-refractivity contribution >= 4 is 27.5 Å². The van der Waals surface area contributed by atoms with Crippen LogP contribution < -0.4 is 4.74 Å². The summed E-state index contributed by atoms with van der Waals surface area (Å²) in [6.45, 7) is 2.25. The molecule has 0 N–H and O–H groups in total. The predicted octanol–water partition coefficient (Wildman–Crippen LogP) is 5.21. The van der Waals surface area contributed by atoms with E-state index >= 15 is 0 Å². The zero-order valence-corrected chi connectivity index (χ0v) is 12.8. The van der Waals surface area contributed by atoms with Crippen LogP contribution in [0.1, 0.15) is 16.7 Å². The summed E-state index contributed by atoms with van der Waals surface area (Å²) in [5.74, 6) is 0.891. The van der Waals surface area contributed by atoms with Crippen LogP contribution in [-0.2, 0) is 12.5 Å². The third-order valence-electron chi connectivity index (χ3n) is 2.87. The highest BCUT2D eigenvalue weighted by molar-refractivity contribution is 9.10. The van der Waals surface area contributed by atoms with Crippen molar-refractivity contribution in [2.45, 2.75) is 19.4 Å². The standard InChI is InChI=1S/C15H13BrClFO/c1-10-7-13(18)6-5-12(10)9-19-15-11(8-17)3-2-4-14(15)16/h2-7H,8-9H2,1H3. The van der Waals surface area contributed by atoms with Gasteiger partial charge in [-0.2, -0.15) is 0 Å². The van der Waals surface area contributed by atoms with E-state index in [-0.39, 0.29) is 5.82 Å². The first-order valence-electron chi connectivity index (χ1n) is 5.83. The minimum Gasteiger partial charge on any atom is -0.487 e. The van der Waals surface area contributed by atoms with E-state index in [0.717, 1.165) is 26.9 Å². The Bertz CT molecular complexity index is 586. The van der Waals surface area contributed by atoms with Gasteiger partial charge in [-0.3, -0.25) is 0 Å². The molecule has 0 aliphatic carbocycles. The maximum atomic E-state index is 13.0. The summed E-state index contributed by atoms with van der Waals surface area (Å²) in [4.78, 5) is 0. The fourth-order valence-electron chi connectivity index (χ4n) is 1.79. The molecule has 0 heterocycles. The van der Waals surface area contributed by atoms with E-state index in [1.807, 2.05) is 25.1 Å². The second kappa shape index (κ2) is 6.40. The van der Waals surface area contributed by atoms with E-state index in [4.69, 9.17) is 16.3 Å². The summed E-state index contributed by atoms with van der Waals surface area (Å²) in [6, 6.07) is 10.4. The maximum absolute atomic E-state index is 13.0. The van der Waals surface area contributed by atoms with Crippen molar-refractivity contribution in [2.24, 2.45) is 0 Å². The molecular weight excluding hydrogens is 331 g/mol. The first-order valence-corrected chi connectivity index (χ1v) is 7.15. The molecule has 0 aliphatic heterocycles. The highest BCUT2D eigenvalue weighted by Gasteiger charge is 2.08. The van der Waals surface area contributed by atoms with Crippen LogP contribution in [0.5, 0.6) is 5.75 Å². The van der Waals surface area contributed by atoms with Crippen molar-refractivity contribution < 1.29 is 9.13 Å². The average Bonchev–Trinajstić information content (AvgIpc) is 2.39. The van der Waals surface area contributed by atoms with Crippen molar-refractivity contribution in [2.75, 3.05) is 0 Å². The molecule has 19 heavy (non-hydrogen) atoms. The molecule has 0 aliphatic rings. The lowest BCUT2D eigenvalue weighted by Crippen LogP contribution is -2.01. The minimum atomic E-state index is -0.233. The Morgan fingerprint density at radius 1 is 1.21 bits per heavy atom. The number of halogens is 3. The van der Waals surface area contributed by atoms with Gasteiger partial charge in [0.25, 0.3) is 0 Å². The third kappa shape index (κ3) is 3.48. The van der Waals surface area contributed by atoms with Crippen LogP contribution in [0.3, 0.4) is 0 Å². The van der Waals surface area contributed by atoms with Crippen molar-refractivity contribution in [1.82, 2.24) is 0 Å². The van der Waals surface area contributed by atoms with Crippen LogP contribution in [0.4, 0.5) is 4.39 Å². The monoisotopic (exact) mass is 342 g/mol. The zero-order chi connectivity index (χ0) is 13.8. The highest BCUT2D eigenvalue weighted by Crippen LogP contribution is 2.31. The topological polar surface area (TPSA) is 9.23 Å². The predicted molar refractivity (Wildman–Crippen MR) is 79.2 cm³/mol. The van der Waals surface area contributed by atoms with Gasteiger partial charge in [0.2, 0.25) is 0 Å². The Hall–Kier alpha value is -1.06. The first kappa shape index (κ1) is 14.4. The molecule has 2 aromatic rings. The van der Waals surface area contributed by atoms with Crippen LogP contribution >= 0.6 is 27.5 Å². The number of ether oxygens (including phenoxy) is 1. The van der Waals surface area contributed by atoms with Gasteiger partial charge in [0, 0.05) is 5.56 Å². The summed E-state index contributed by atoms with van der Waals surface area (Å²) < 4.78 is 19.7. The molecule has 1 nitrogen and oxygen atoms in total. The maximum Gasteiger partial charge on any atom is 0.138 e. The van der Waals surface area contributed by atoms with Gasteiger partial charge in [0.15, 0.2) is 0 Å². The summed E-state index contributed by atoms with van der Waals surface area (Å²) in [5.41, 5.74) is 2.76. The van der Waals surface area contributed by atoms with Gasteiger partial charge in [-0.15, -0.1) is 11.6 Å². The fraction of sp³-hybridized carbons (Fsp3) is 0.200. The summed E-state index contributed by atoms with van der Waals surface area (Å²) >= 11 is 9.34. The van der Waals surface area contributed by atoms with E-state index in [0.29, 0.717) is 12.5 Å². The summed E-state index contributed by atoms with van der Waals surface area (Å²) in [6.07, 6.45) is 0. The third-order valence-corrected chi connectivity index (χ3v) is 3.78. The van der Waals surface area contributed by atoms with E-state index in [1.54, 1.807) is 6.07 Å². The fourth-order valence-corrected chi connectivity index (χ4v) is 2.52. The molecule has 2 aromatic carbocycles. The number of benzene rings is 2. The molecule has 2 rings (SSSR count). The number of hydrogen-bond donors (Lipinski definition) is 0. The normalized spacial score (nSPS) is 10.5. The molecule has 0 amide bonds. The molecule has 100 valence electrons. The summed E-state index contributed by atoms with van der Waals surface area (Å²) in [5, 5.41) is 0. The lowest BCUT2D eigenvalue weighted by Gasteiger charge is -2.13. The Kier molecular flexibility index (Phi) is 4.83. The van der Waals surface area contributed by atoms with Gasteiger partial charge < -0.3 is 4.74 Å². The number of alkyl halides is 1. The van der Waals surface area contributed by atoms with Gasteiger partial charge in [0.1, 0.15) is 18.2 Å². The second-order valence-corrected chi connectivity index (χ2v) is 5.34. The number of rotatable bonds is 4. The first-order chi connectivity index (χ1) is 9.11. The van der Waals surface area contributed by atoms with Crippen molar-refractivity contribution in [3.8, 4) is 5.75 Å². The van der Waals surface area contributed by atoms with Gasteiger partial charge >= 0.3 is 0 Å². The van der Waals surface area contributed by atoms with Crippen molar-refractivity contribution in [3.05, 3.63) is 63.4 Å². The lowest BCUT2D eigenvalue weighted by atomic mass is 10.1. The summed E-state index contributed by atoms with van der Waals surface area (Å²) in [7, 11) is 0. The van der Waals surface area contributed by atoms with Gasteiger partial charge in [0.05, 0.1) is 10.4 Å². The van der Waals surface area contributed by atoms with Gasteiger partial charge in [-0.25, -0.2) is 4.39 Å².